The summed E-state index contributed by atoms with van der Waals surface area (Å²) in [6.07, 6.45) is 2.76. The Balaban J connectivity index is 2.07. The van der Waals surface area contributed by atoms with Gasteiger partial charge in [0, 0.05) is 12.0 Å². The van der Waals surface area contributed by atoms with Crippen molar-refractivity contribution in [3.8, 4) is 11.3 Å². The van der Waals surface area contributed by atoms with Crippen LogP contribution in [0.3, 0.4) is 0 Å². The quantitative estimate of drug-likeness (QED) is 0.854. The fourth-order valence-electron chi connectivity index (χ4n) is 2.02. The summed E-state index contributed by atoms with van der Waals surface area (Å²) in [4.78, 5) is 10.5. The highest BCUT2D eigenvalue weighted by molar-refractivity contribution is 5.67. The maximum Gasteiger partial charge on any atom is 0.303 e. The number of hydrogen-bond donors (Lipinski definition) is 1. The van der Waals surface area contributed by atoms with E-state index in [9.17, 15) is 4.79 Å². The number of carboxylic acids is 1. The van der Waals surface area contributed by atoms with Crippen LogP contribution in [0, 0.1) is 0 Å². The van der Waals surface area contributed by atoms with Crippen molar-refractivity contribution in [2.24, 2.45) is 0 Å². The molecular weight excluding hydrogens is 240 g/mol. The van der Waals surface area contributed by atoms with E-state index in [0.29, 0.717) is 6.42 Å². The standard InChI is InChI=1S/C16H18O3/c1-2-3-12-4-6-13(7-5-12)15-10-8-14(19-15)9-11-16(17)18/h4-8,10H,2-3,9,11H2,1H3,(H,17,18). The van der Waals surface area contributed by atoms with Gasteiger partial charge in [-0.05, 0) is 24.1 Å². The second kappa shape index (κ2) is 6.23. The third-order valence-corrected chi connectivity index (χ3v) is 3.02. The van der Waals surface area contributed by atoms with E-state index in [2.05, 4.69) is 19.1 Å². The van der Waals surface area contributed by atoms with Crippen LogP contribution in [0.5, 0.6) is 0 Å². The fourth-order valence-corrected chi connectivity index (χ4v) is 2.02. The molecule has 1 aromatic heterocycles. The van der Waals surface area contributed by atoms with Gasteiger partial charge in [0.1, 0.15) is 11.5 Å². The third-order valence-electron chi connectivity index (χ3n) is 3.02. The summed E-state index contributed by atoms with van der Waals surface area (Å²) in [5.41, 5.74) is 2.35. The molecule has 0 unspecified atom stereocenters. The summed E-state index contributed by atoms with van der Waals surface area (Å²) >= 11 is 0. The zero-order chi connectivity index (χ0) is 13.7. The Hall–Kier alpha value is -2.03. The normalized spacial score (nSPS) is 10.6. The van der Waals surface area contributed by atoms with E-state index in [1.165, 1.54) is 5.56 Å². The summed E-state index contributed by atoms with van der Waals surface area (Å²) in [7, 11) is 0. The molecule has 1 aromatic carbocycles. The Morgan fingerprint density at radius 2 is 1.84 bits per heavy atom. The highest BCUT2D eigenvalue weighted by Crippen LogP contribution is 2.23. The molecule has 0 atom stereocenters. The number of rotatable bonds is 6. The first-order valence-electron chi connectivity index (χ1n) is 6.59. The van der Waals surface area contributed by atoms with Crippen LogP contribution < -0.4 is 0 Å². The molecule has 3 heteroatoms. The van der Waals surface area contributed by atoms with Gasteiger partial charge in [-0.25, -0.2) is 0 Å². The molecule has 0 aliphatic carbocycles. The van der Waals surface area contributed by atoms with Crippen LogP contribution in [0.1, 0.15) is 31.1 Å². The molecule has 0 radical (unpaired) electrons. The molecule has 0 aliphatic rings. The fraction of sp³-hybridized carbons (Fsp3) is 0.312. The highest BCUT2D eigenvalue weighted by atomic mass is 16.4. The van der Waals surface area contributed by atoms with Crippen LogP contribution in [0.15, 0.2) is 40.8 Å². The summed E-state index contributed by atoms with van der Waals surface area (Å²) in [6.45, 7) is 2.16. The molecule has 1 N–H and O–H groups in total. The lowest BCUT2D eigenvalue weighted by molar-refractivity contribution is -0.137. The van der Waals surface area contributed by atoms with E-state index in [1.54, 1.807) is 0 Å². The lowest BCUT2D eigenvalue weighted by Gasteiger charge is -2.01. The minimum Gasteiger partial charge on any atom is -0.481 e. The van der Waals surface area contributed by atoms with E-state index in [-0.39, 0.29) is 6.42 Å². The van der Waals surface area contributed by atoms with Crippen molar-refractivity contribution in [3.05, 3.63) is 47.7 Å². The van der Waals surface area contributed by atoms with E-state index in [0.717, 1.165) is 29.9 Å². The molecule has 0 saturated carbocycles. The van der Waals surface area contributed by atoms with Gasteiger partial charge >= 0.3 is 5.97 Å². The van der Waals surface area contributed by atoms with Crippen molar-refractivity contribution in [2.75, 3.05) is 0 Å². The summed E-state index contributed by atoms with van der Waals surface area (Å²) < 4.78 is 5.66. The molecule has 1 heterocycles. The van der Waals surface area contributed by atoms with Crippen LogP contribution in [-0.4, -0.2) is 11.1 Å². The number of carboxylic acid groups (broad SMARTS) is 1. The Kier molecular flexibility index (Phi) is 4.39. The van der Waals surface area contributed by atoms with Crippen molar-refractivity contribution < 1.29 is 14.3 Å². The van der Waals surface area contributed by atoms with Gasteiger partial charge < -0.3 is 9.52 Å². The average molecular weight is 258 g/mol. The lowest BCUT2D eigenvalue weighted by atomic mass is 10.1. The van der Waals surface area contributed by atoms with Gasteiger partial charge in [-0.1, -0.05) is 37.6 Å². The summed E-state index contributed by atoms with van der Waals surface area (Å²) in [6, 6.07) is 12.1. The molecule has 100 valence electrons. The number of aryl methyl sites for hydroxylation is 2. The Morgan fingerprint density at radius 1 is 1.11 bits per heavy atom. The van der Waals surface area contributed by atoms with Crippen molar-refractivity contribution in [2.45, 2.75) is 32.6 Å². The first-order chi connectivity index (χ1) is 9.19. The topological polar surface area (TPSA) is 50.4 Å². The number of carbonyl (C=O) groups is 1. The van der Waals surface area contributed by atoms with Crippen molar-refractivity contribution in [3.63, 3.8) is 0 Å². The average Bonchev–Trinajstić information content (AvgIpc) is 2.86. The molecular formula is C16H18O3. The minimum absolute atomic E-state index is 0.0996. The third kappa shape index (κ3) is 3.71. The van der Waals surface area contributed by atoms with Gasteiger partial charge in [-0.3, -0.25) is 4.79 Å². The molecule has 0 spiro atoms. The molecule has 0 amide bonds. The van der Waals surface area contributed by atoms with Crippen LogP contribution in [-0.2, 0) is 17.6 Å². The number of benzene rings is 1. The molecule has 3 nitrogen and oxygen atoms in total. The Labute approximate surface area is 112 Å². The van der Waals surface area contributed by atoms with E-state index in [1.807, 2.05) is 24.3 Å². The first kappa shape index (κ1) is 13.4. The van der Waals surface area contributed by atoms with Gasteiger partial charge in [0.05, 0.1) is 6.42 Å². The second-order valence-electron chi connectivity index (χ2n) is 4.61. The van der Waals surface area contributed by atoms with Gasteiger partial charge in [0.15, 0.2) is 0 Å². The van der Waals surface area contributed by atoms with Gasteiger partial charge in [-0.2, -0.15) is 0 Å². The number of furan rings is 1. The van der Waals surface area contributed by atoms with Gasteiger partial charge in [0.25, 0.3) is 0 Å². The molecule has 0 fully saturated rings. The van der Waals surface area contributed by atoms with Gasteiger partial charge in [-0.15, -0.1) is 0 Å². The Morgan fingerprint density at radius 3 is 2.47 bits per heavy atom. The highest BCUT2D eigenvalue weighted by Gasteiger charge is 2.06. The summed E-state index contributed by atoms with van der Waals surface area (Å²) in [5.74, 6) is 0.709. The molecule has 0 bridgehead atoms. The SMILES string of the molecule is CCCc1ccc(-c2ccc(CCC(=O)O)o2)cc1. The molecule has 19 heavy (non-hydrogen) atoms. The maximum absolute atomic E-state index is 10.5. The van der Waals surface area contributed by atoms with Crippen molar-refractivity contribution in [1.82, 2.24) is 0 Å². The smallest absolute Gasteiger partial charge is 0.303 e. The largest absolute Gasteiger partial charge is 0.481 e. The van der Waals surface area contributed by atoms with Crippen LogP contribution >= 0.6 is 0 Å². The number of aliphatic carboxylic acids is 1. The predicted molar refractivity (Wildman–Crippen MR) is 74.1 cm³/mol. The summed E-state index contributed by atoms with van der Waals surface area (Å²) in [5, 5.41) is 8.64. The van der Waals surface area contributed by atoms with Crippen LogP contribution in [0.4, 0.5) is 0 Å². The first-order valence-corrected chi connectivity index (χ1v) is 6.59. The Bertz CT molecular complexity index is 537. The minimum atomic E-state index is -0.804. The molecule has 2 aromatic rings. The molecule has 2 rings (SSSR count). The zero-order valence-electron chi connectivity index (χ0n) is 11.1. The van der Waals surface area contributed by atoms with Gasteiger partial charge in [0.2, 0.25) is 0 Å². The van der Waals surface area contributed by atoms with E-state index in [4.69, 9.17) is 9.52 Å². The number of hydrogen-bond acceptors (Lipinski definition) is 2. The van der Waals surface area contributed by atoms with E-state index >= 15 is 0 Å². The molecule has 0 aliphatic heterocycles. The van der Waals surface area contributed by atoms with Crippen LogP contribution in [0.2, 0.25) is 0 Å². The second-order valence-corrected chi connectivity index (χ2v) is 4.61. The molecule has 0 saturated heterocycles. The van der Waals surface area contributed by atoms with Crippen molar-refractivity contribution in [1.29, 1.82) is 0 Å². The monoisotopic (exact) mass is 258 g/mol. The predicted octanol–water partition coefficient (Wildman–Crippen LogP) is 3.92. The zero-order valence-corrected chi connectivity index (χ0v) is 11.1. The maximum atomic E-state index is 10.5. The van der Waals surface area contributed by atoms with E-state index < -0.39 is 5.97 Å². The van der Waals surface area contributed by atoms with Crippen molar-refractivity contribution >= 4 is 5.97 Å². The lowest BCUT2D eigenvalue weighted by Crippen LogP contribution is -1.96. The van der Waals surface area contributed by atoms with Crippen LogP contribution in [0.25, 0.3) is 11.3 Å².